The molecule has 114 valence electrons. The first-order valence-corrected chi connectivity index (χ1v) is 8.20. The van der Waals surface area contributed by atoms with E-state index in [0.29, 0.717) is 0 Å². The van der Waals surface area contributed by atoms with Gasteiger partial charge in [-0.25, -0.2) is 4.68 Å². The molecule has 0 aliphatic carbocycles. The van der Waals surface area contributed by atoms with Crippen LogP contribution in [0.5, 0.6) is 0 Å². The predicted molar refractivity (Wildman–Crippen MR) is 88.6 cm³/mol. The number of nitrogens with zero attached hydrogens (tertiary/aromatic N) is 2. The van der Waals surface area contributed by atoms with Crippen LogP contribution < -0.4 is 5.32 Å². The summed E-state index contributed by atoms with van der Waals surface area (Å²) in [4.78, 5) is 0. The maximum atomic E-state index is 4.23. The third-order valence-electron chi connectivity index (χ3n) is 3.74. The van der Waals surface area contributed by atoms with E-state index in [2.05, 4.69) is 41.6 Å². The second-order valence-electron chi connectivity index (χ2n) is 5.56. The van der Waals surface area contributed by atoms with Crippen molar-refractivity contribution in [3.8, 4) is 5.69 Å². The van der Waals surface area contributed by atoms with Gasteiger partial charge in [-0.05, 0) is 36.7 Å². The molecule has 3 nitrogen and oxygen atoms in total. The van der Waals surface area contributed by atoms with Crippen LogP contribution in [0.4, 0.5) is 0 Å². The van der Waals surface area contributed by atoms with Crippen molar-refractivity contribution in [1.29, 1.82) is 0 Å². The van der Waals surface area contributed by atoms with Gasteiger partial charge in [-0.3, -0.25) is 0 Å². The molecule has 0 fully saturated rings. The molecule has 0 spiro atoms. The number of nitrogens with one attached hydrogen (secondary N) is 1. The van der Waals surface area contributed by atoms with Crippen molar-refractivity contribution in [2.45, 2.75) is 52.0 Å². The minimum Gasteiger partial charge on any atom is -0.313 e. The van der Waals surface area contributed by atoms with Crippen LogP contribution >= 0.6 is 0 Å². The van der Waals surface area contributed by atoms with E-state index in [9.17, 15) is 0 Å². The number of hydrogen-bond donors (Lipinski definition) is 1. The smallest absolute Gasteiger partial charge is 0.0645 e. The number of benzene rings is 1. The molecule has 0 aliphatic rings. The summed E-state index contributed by atoms with van der Waals surface area (Å²) < 4.78 is 1.88. The van der Waals surface area contributed by atoms with Gasteiger partial charge in [0.25, 0.3) is 0 Å². The molecule has 21 heavy (non-hydrogen) atoms. The van der Waals surface area contributed by atoms with Crippen molar-refractivity contribution < 1.29 is 0 Å². The minimum absolute atomic E-state index is 0.953. The van der Waals surface area contributed by atoms with Crippen LogP contribution in [0.2, 0.25) is 0 Å². The van der Waals surface area contributed by atoms with E-state index >= 15 is 0 Å². The maximum Gasteiger partial charge on any atom is 0.0645 e. The zero-order chi connectivity index (χ0) is 14.8. The lowest BCUT2D eigenvalue weighted by Gasteiger charge is -2.06. The molecule has 0 unspecified atom stereocenters. The minimum atomic E-state index is 0.953. The highest BCUT2D eigenvalue weighted by atomic mass is 15.3. The number of unbranched alkanes of at least 4 members (excludes halogenated alkanes) is 5. The van der Waals surface area contributed by atoms with Crippen molar-refractivity contribution in [3.63, 3.8) is 0 Å². The Morgan fingerprint density at radius 2 is 1.76 bits per heavy atom. The van der Waals surface area contributed by atoms with Crippen LogP contribution in [0.25, 0.3) is 5.69 Å². The van der Waals surface area contributed by atoms with Crippen LogP contribution in [-0.2, 0) is 6.54 Å². The Bertz CT molecular complexity index is 474. The Morgan fingerprint density at radius 3 is 2.48 bits per heavy atom. The first kappa shape index (κ1) is 15.8. The molecule has 1 N–H and O–H groups in total. The SMILES string of the molecule is CCCCCCCCNCc1ccc(-n2cccn2)cc1. The second kappa shape index (κ2) is 9.35. The highest BCUT2D eigenvalue weighted by Gasteiger charge is 1.97. The van der Waals surface area contributed by atoms with E-state index in [1.165, 1.54) is 44.1 Å². The van der Waals surface area contributed by atoms with Gasteiger partial charge in [0.05, 0.1) is 5.69 Å². The standard InChI is InChI=1S/C18H27N3/c1-2-3-4-5-6-7-13-19-16-17-9-11-18(12-10-17)21-15-8-14-20-21/h8-12,14-15,19H,2-7,13,16H2,1H3. The average Bonchev–Trinajstić information content (AvgIpc) is 3.05. The molecule has 2 aromatic rings. The maximum absolute atomic E-state index is 4.23. The first-order chi connectivity index (χ1) is 10.4. The molecule has 0 saturated heterocycles. The van der Waals surface area contributed by atoms with Crippen LogP contribution in [0.3, 0.4) is 0 Å². The fraction of sp³-hybridized carbons (Fsp3) is 0.500. The summed E-state index contributed by atoms with van der Waals surface area (Å²) in [5, 5.41) is 7.76. The zero-order valence-corrected chi connectivity index (χ0v) is 13.1. The van der Waals surface area contributed by atoms with Gasteiger partial charge in [0.2, 0.25) is 0 Å². The molecule has 0 amide bonds. The Labute approximate surface area is 128 Å². The first-order valence-electron chi connectivity index (χ1n) is 8.20. The molecule has 1 aromatic heterocycles. The van der Waals surface area contributed by atoms with E-state index in [0.717, 1.165) is 18.8 Å². The molecule has 1 heterocycles. The lowest BCUT2D eigenvalue weighted by molar-refractivity contribution is 0.572. The van der Waals surface area contributed by atoms with Crippen molar-refractivity contribution in [1.82, 2.24) is 15.1 Å². The lowest BCUT2D eigenvalue weighted by atomic mass is 10.1. The van der Waals surface area contributed by atoms with E-state index in [1.54, 1.807) is 6.20 Å². The van der Waals surface area contributed by atoms with E-state index in [-0.39, 0.29) is 0 Å². The van der Waals surface area contributed by atoms with Crippen LogP contribution in [0.1, 0.15) is 51.0 Å². The van der Waals surface area contributed by atoms with Crippen molar-refractivity contribution in [2.75, 3.05) is 6.54 Å². The summed E-state index contributed by atoms with van der Waals surface area (Å²) in [6.07, 6.45) is 11.9. The highest BCUT2D eigenvalue weighted by Crippen LogP contribution is 2.08. The summed E-state index contributed by atoms with van der Waals surface area (Å²) in [5.74, 6) is 0. The number of rotatable bonds is 10. The molecule has 0 saturated carbocycles. The fourth-order valence-electron chi connectivity index (χ4n) is 2.45. The van der Waals surface area contributed by atoms with Gasteiger partial charge in [-0.2, -0.15) is 5.10 Å². The second-order valence-corrected chi connectivity index (χ2v) is 5.56. The lowest BCUT2D eigenvalue weighted by Crippen LogP contribution is -2.14. The van der Waals surface area contributed by atoms with Gasteiger partial charge < -0.3 is 5.32 Å². The number of aromatic nitrogens is 2. The average molecular weight is 285 g/mol. The van der Waals surface area contributed by atoms with Crippen LogP contribution in [-0.4, -0.2) is 16.3 Å². The van der Waals surface area contributed by atoms with E-state index < -0.39 is 0 Å². The van der Waals surface area contributed by atoms with Gasteiger partial charge >= 0.3 is 0 Å². The molecular formula is C18H27N3. The molecule has 3 heteroatoms. The topological polar surface area (TPSA) is 29.9 Å². The summed E-state index contributed by atoms with van der Waals surface area (Å²) in [6, 6.07) is 10.5. The quantitative estimate of drug-likeness (QED) is 0.659. The summed E-state index contributed by atoms with van der Waals surface area (Å²) >= 11 is 0. The van der Waals surface area contributed by atoms with Gasteiger partial charge in [0.1, 0.15) is 0 Å². The van der Waals surface area contributed by atoms with Gasteiger partial charge in [0.15, 0.2) is 0 Å². The monoisotopic (exact) mass is 285 g/mol. The zero-order valence-electron chi connectivity index (χ0n) is 13.1. The Kier molecular flexibility index (Phi) is 7.02. The fourth-order valence-corrected chi connectivity index (χ4v) is 2.45. The van der Waals surface area contributed by atoms with E-state index in [4.69, 9.17) is 0 Å². The molecule has 0 bridgehead atoms. The van der Waals surface area contributed by atoms with Crippen molar-refractivity contribution in [2.24, 2.45) is 0 Å². The van der Waals surface area contributed by atoms with E-state index in [1.807, 2.05) is 16.9 Å². The largest absolute Gasteiger partial charge is 0.313 e. The Morgan fingerprint density at radius 1 is 1.00 bits per heavy atom. The Hall–Kier alpha value is -1.61. The third-order valence-corrected chi connectivity index (χ3v) is 3.74. The molecule has 2 rings (SSSR count). The molecular weight excluding hydrogens is 258 g/mol. The molecule has 1 aromatic carbocycles. The van der Waals surface area contributed by atoms with Gasteiger partial charge in [0, 0.05) is 18.9 Å². The molecule has 0 atom stereocenters. The molecule has 0 aliphatic heterocycles. The van der Waals surface area contributed by atoms with Crippen molar-refractivity contribution in [3.05, 3.63) is 48.3 Å². The third kappa shape index (κ3) is 5.72. The predicted octanol–water partition coefficient (Wildman–Crippen LogP) is 4.32. The summed E-state index contributed by atoms with van der Waals surface area (Å²) in [7, 11) is 0. The van der Waals surface area contributed by atoms with Crippen molar-refractivity contribution >= 4 is 0 Å². The van der Waals surface area contributed by atoms with Crippen LogP contribution in [0.15, 0.2) is 42.7 Å². The number of hydrogen-bond acceptors (Lipinski definition) is 2. The normalized spacial score (nSPS) is 10.9. The summed E-state index contributed by atoms with van der Waals surface area (Å²) in [6.45, 7) is 4.33. The molecule has 0 radical (unpaired) electrons. The summed E-state index contributed by atoms with van der Waals surface area (Å²) in [5.41, 5.74) is 2.44. The van der Waals surface area contributed by atoms with Gasteiger partial charge in [-0.15, -0.1) is 0 Å². The van der Waals surface area contributed by atoms with Gasteiger partial charge in [-0.1, -0.05) is 51.2 Å². The van der Waals surface area contributed by atoms with Crippen LogP contribution in [0, 0.1) is 0 Å². The Balaban J connectivity index is 1.61. The highest BCUT2D eigenvalue weighted by molar-refractivity contribution is 5.33.